The SMILES string of the molecule is COc1ccc(S(C)(=O)=Nc2ccc(-c3noc(C(F)(F)F)n3)nc2)cc1. The minimum atomic E-state index is -4.73. The Morgan fingerprint density at radius 3 is 2.37 bits per heavy atom. The highest BCUT2D eigenvalue weighted by molar-refractivity contribution is 7.93. The molecule has 27 heavy (non-hydrogen) atoms. The van der Waals surface area contributed by atoms with Crippen LogP contribution < -0.4 is 4.74 Å². The summed E-state index contributed by atoms with van der Waals surface area (Å²) in [6.07, 6.45) is -1.99. The molecule has 0 bridgehead atoms. The number of hydrogen-bond donors (Lipinski definition) is 0. The van der Waals surface area contributed by atoms with Crippen molar-refractivity contribution in [2.45, 2.75) is 11.1 Å². The Balaban J connectivity index is 1.87. The average molecular weight is 398 g/mol. The number of rotatable bonds is 4. The summed E-state index contributed by atoms with van der Waals surface area (Å²) >= 11 is 0. The van der Waals surface area contributed by atoms with Crippen molar-refractivity contribution in [3.8, 4) is 17.3 Å². The number of nitrogens with zero attached hydrogens (tertiary/aromatic N) is 4. The van der Waals surface area contributed by atoms with Gasteiger partial charge < -0.3 is 9.26 Å². The second-order valence-corrected chi connectivity index (χ2v) is 7.65. The molecule has 0 saturated carbocycles. The van der Waals surface area contributed by atoms with Crippen molar-refractivity contribution in [3.63, 3.8) is 0 Å². The van der Waals surface area contributed by atoms with E-state index >= 15 is 0 Å². The van der Waals surface area contributed by atoms with Gasteiger partial charge in [-0.3, -0.25) is 4.98 Å². The van der Waals surface area contributed by atoms with E-state index in [1.54, 1.807) is 24.3 Å². The molecule has 1 aromatic carbocycles. The van der Waals surface area contributed by atoms with Crippen LogP contribution >= 0.6 is 0 Å². The zero-order valence-corrected chi connectivity index (χ0v) is 14.9. The number of hydrogen-bond acceptors (Lipinski definition) is 7. The highest BCUT2D eigenvalue weighted by Gasteiger charge is 2.38. The highest BCUT2D eigenvalue weighted by atomic mass is 32.2. The summed E-state index contributed by atoms with van der Waals surface area (Å²) in [6.45, 7) is 0. The van der Waals surface area contributed by atoms with Crippen LogP contribution in [0.5, 0.6) is 5.75 Å². The van der Waals surface area contributed by atoms with E-state index in [-0.39, 0.29) is 11.5 Å². The van der Waals surface area contributed by atoms with Crippen LogP contribution in [0.3, 0.4) is 0 Å². The molecule has 2 aromatic heterocycles. The minimum Gasteiger partial charge on any atom is -0.497 e. The van der Waals surface area contributed by atoms with Gasteiger partial charge in [-0.2, -0.15) is 22.5 Å². The maximum absolute atomic E-state index is 12.8. The second-order valence-electron chi connectivity index (χ2n) is 5.39. The Labute approximate surface area is 152 Å². The summed E-state index contributed by atoms with van der Waals surface area (Å²) < 4.78 is 63.7. The standard InChI is InChI=1S/C16H13F3N4O3S/c1-25-11-4-6-12(7-5-11)27(2,24)23-10-3-8-13(20-9-10)14-21-15(26-22-14)16(17,18)19/h3-9H,1-2H3. The molecule has 1 atom stereocenters. The third-order valence-electron chi connectivity index (χ3n) is 3.42. The quantitative estimate of drug-likeness (QED) is 0.661. The van der Waals surface area contributed by atoms with Gasteiger partial charge in [0.15, 0.2) is 0 Å². The lowest BCUT2D eigenvalue weighted by atomic mass is 10.3. The average Bonchev–Trinajstić information content (AvgIpc) is 3.13. The minimum absolute atomic E-state index is 0.0697. The summed E-state index contributed by atoms with van der Waals surface area (Å²) in [4.78, 5) is 7.71. The molecule has 0 spiro atoms. The van der Waals surface area contributed by atoms with Crippen LogP contribution in [-0.4, -0.2) is 32.7 Å². The Morgan fingerprint density at radius 1 is 1.15 bits per heavy atom. The van der Waals surface area contributed by atoms with Crippen molar-refractivity contribution in [1.82, 2.24) is 15.1 Å². The Hall–Kier alpha value is -2.95. The van der Waals surface area contributed by atoms with Gasteiger partial charge in [-0.05, 0) is 36.4 Å². The number of aromatic nitrogens is 3. The molecule has 0 aliphatic heterocycles. The first-order chi connectivity index (χ1) is 12.7. The first kappa shape index (κ1) is 18.8. The Morgan fingerprint density at radius 2 is 1.85 bits per heavy atom. The van der Waals surface area contributed by atoms with Gasteiger partial charge >= 0.3 is 12.1 Å². The summed E-state index contributed by atoms with van der Waals surface area (Å²) in [5, 5.41) is 3.25. The van der Waals surface area contributed by atoms with Crippen LogP contribution in [0.15, 0.2) is 56.4 Å². The van der Waals surface area contributed by atoms with Crippen LogP contribution in [0.2, 0.25) is 0 Å². The molecule has 1 unspecified atom stereocenters. The van der Waals surface area contributed by atoms with Crippen molar-refractivity contribution in [2.24, 2.45) is 4.36 Å². The van der Waals surface area contributed by atoms with E-state index in [4.69, 9.17) is 4.74 Å². The van der Waals surface area contributed by atoms with E-state index in [0.717, 1.165) is 0 Å². The summed E-state index contributed by atoms with van der Waals surface area (Å²) in [5.41, 5.74) is 0.363. The number of benzene rings is 1. The molecule has 0 amide bonds. The molecular formula is C16H13F3N4O3S. The van der Waals surface area contributed by atoms with Crippen LogP contribution in [0.25, 0.3) is 11.5 Å². The van der Waals surface area contributed by atoms with Gasteiger partial charge in [0.25, 0.3) is 0 Å². The summed E-state index contributed by atoms with van der Waals surface area (Å²) in [6, 6.07) is 9.45. The fourth-order valence-electron chi connectivity index (χ4n) is 2.10. The third-order valence-corrected chi connectivity index (χ3v) is 5.13. The molecule has 0 aliphatic carbocycles. The molecule has 2 heterocycles. The molecule has 0 N–H and O–H groups in total. The lowest BCUT2D eigenvalue weighted by Gasteiger charge is -2.06. The number of ether oxygens (including phenoxy) is 1. The number of alkyl halides is 3. The van der Waals surface area contributed by atoms with Crippen molar-refractivity contribution >= 4 is 15.4 Å². The molecular weight excluding hydrogens is 385 g/mol. The lowest BCUT2D eigenvalue weighted by Crippen LogP contribution is -2.04. The fourth-order valence-corrected chi connectivity index (χ4v) is 3.35. The van der Waals surface area contributed by atoms with Crippen molar-refractivity contribution in [3.05, 3.63) is 48.5 Å². The monoisotopic (exact) mass is 398 g/mol. The first-order valence-corrected chi connectivity index (χ1v) is 9.35. The van der Waals surface area contributed by atoms with E-state index < -0.39 is 21.8 Å². The van der Waals surface area contributed by atoms with Gasteiger partial charge in [-0.15, -0.1) is 0 Å². The van der Waals surface area contributed by atoms with E-state index in [1.807, 2.05) is 0 Å². The van der Waals surface area contributed by atoms with Gasteiger partial charge in [0.05, 0.1) is 28.7 Å². The zero-order chi connectivity index (χ0) is 19.7. The van der Waals surface area contributed by atoms with Gasteiger partial charge in [0.1, 0.15) is 11.4 Å². The zero-order valence-electron chi connectivity index (χ0n) is 14.1. The van der Waals surface area contributed by atoms with Gasteiger partial charge in [-0.1, -0.05) is 5.16 Å². The molecule has 3 aromatic rings. The number of methoxy groups -OCH3 is 1. The Bertz CT molecular complexity index is 1050. The normalized spacial score (nSPS) is 13.8. The number of pyridine rings is 1. The molecule has 7 nitrogen and oxygen atoms in total. The number of halogens is 3. The van der Waals surface area contributed by atoms with Gasteiger partial charge in [0, 0.05) is 11.2 Å². The fraction of sp³-hybridized carbons (Fsp3) is 0.188. The summed E-state index contributed by atoms with van der Waals surface area (Å²) in [5.74, 6) is -1.14. The van der Waals surface area contributed by atoms with Crippen LogP contribution in [0.4, 0.5) is 18.9 Å². The smallest absolute Gasteiger partial charge is 0.471 e. The van der Waals surface area contributed by atoms with Crippen LogP contribution in [-0.2, 0) is 15.9 Å². The maximum Gasteiger partial charge on any atom is 0.471 e. The molecule has 142 valence electrons. The largest absolute Gasteiger partial charge is 0.497 e. The van der Waals surface area contributed by atoms with E-state index in [9.17, 15) is 17.4 Å². The van der Waals surface area contributed by atoms with E-state index in [0.29, 0.717) is 16.3 Å². The van der Waals surface area contributed by atoms with Crippen molar-refractivity contribution in [1.29, 1.82) is 0 Å². The third kappa shape index (κ3) is 4.25. The van der Waals surface area contributed by atoms with Crippen molar-refractivity contribution < 1.29 is 26.6 Å². The topological polar surface area (TPSA) is 90.5 Å². The molecule has 0 radical (unpaired) electrons. The molecule has 0 saturated heterocycles. The first-order valence-electron chi connectivity index (χ1n) is 7.42. The van der Waals surface area contributed by atoms with Crippen LogP contribution in [0, 0.1) is 0 Å². The molecule has 0 fully saturated rings. The van der Waals surface area contributed by atoms with Gasteiger partial charge in [0.2, 0.25) is 5.82 Å². The predicted molar refractivity (Wildman–Crippen MR) is 89.9 cm³/mol. The molecule has 3 rings (SSSR count). The van der Waals surface area contributed by atoms with E-state index in [2.05, 4.69) is 24.0 Å². The highest BCUT2D eigenvalue weighted by Crippen LogP contribution is 2.29. The van der Waals surface area contributed by atoms with Crippen LogP contribution in [0.1, 0.15) is 5.89 Å². The predicted octanol–water partition coefficient (Wildman–Crippen LogP) is 3.95. The second kappa shape index (κ2) is 6.99. The Kier molecular flexibility index (Phi) is 4.87. The van der Waals surface area contributed by atoms with Gasteiger partial charge in [-0.25, -0.2) is 4.21 Å². The lowest BCUT2D eigenvalue weighted by molar-refractivity contribution is -0.159. The maximum atomic E-state index is 12.8. The summed E-state index contributed by atoms with van der Waals surface area (Å²) in [7, 11) is -1.23. The van der Waals surface area contributed by atoms with E-state index in [1.165, 1.54) is 31.7 Å². The molecule has 11 heteroatoms. The molecule has 0 aliphatic rings. The van der Waals surface area contributed by atoms with Crippen molar-refractivity contribution in [2.75, 3.05) is 13.4 Å².